The molecule has 0 nitrogen and oxygen atoms in total. The number of rotatable bonds is 0. The van der Waals surface area contributed by atoms with E-state index in [1.54, 1.807) is 27.4 Å². The van der Waals surface area contributed by atoms with E-state index in [0.717, 1.165) is 15.4 Å². The Morgan fingerprint density at radius 1 is 0.889 bits per heavy atom. The van der Waals surface area contributed by atoms with Crippen LogP contribution < -0.4 is 24.8 Å². The van der Waals surface area contributed by atoms with E-state index >= 15 is 0 Å². The molecule has 1 fully saturated rings. The maximum atomic E-state index is 3.51. The van der Waals surface area contributed by atoms with Crippen LogP contribution in [0.3, 0.4) is 0 Å². The summed E-state index contributed by atoms with van der Waals surface area (Å²) in [4.78, 5) is 0. The van der Waals surface area contributed by atoms with Crippen LogP contribution in [-0.4, -0.2) is 3.21 Å². The molecule has 3 aromatic carbocycles. The van der Waals surface area contributed by atoms with Crippen LogP contribution in [0.2, 0.25) is 0 Å². The van der Waals surface area contributed by atoms with Gasteiger partial charge in [0, 0.05) is 8.95 Å². The van der Waals surface area contributed by atoms with Crippen molar-refractivity contribution in [1.82, 2.24) is 0 Å². The second-order valence-electron chi connectivity index (χ2n) is 6.07. The van der Waals surface area contributed by atoms with Crippen LogP contribution in [-0.2, 0) is 24.2 Å². The van der Waals surface area contributed by atoms with Gasteiger partial charge in [-0.05, 0) is 0 Å². The molecule has 0 aliphatic heterocycles. The average molecular weight is 604 g/mol. The summed E-state index contributed by atoms with van der Waals surface area (Å²) < 4.78 is 4.03. The van der Waals surface area contributed by atoms with Gasteiger partial charge in [0.05, 0.1) is 0 Å². The Labute approximate surface area is 205 Å². The second kappa shape index (κ2) is 12.6. The Hall–Kier alpha value is 0.0831. The Kier molecular flexibility index (Phi) is 11.7. The number of fused-ring (bicyclic) bond motifs is 3. The molecule has 0 radical (unpaired) electrons. The molecule has 0 unspecified atom stereocenters. The molecule has 140 valence electrons. The van der Waals surface area contributed by atoms with Crippen molar-refractivity contribution in [2.45, 2.75) is 25.7 Å². The molecule has 2 aliphatic rings. The van der Waals surface area contributed by atoms with E-state index in [1.807, 2.05) is 12.2 Å². The van der Waals surface area contributed by atoms with Crippen LogP contribution in [0.25, 0.3) is 21.5 Å². The first-order chi connectivity index (χ1) is 12.1. The van der Waals surface area contributed by atoms with Crippen molar-refractivity contribution < 1.29 is 49.0 Å². The van der Waals surface area contributed by atoms with Gasteiger partial charge in [0.15, 0.2) is 0 Å². The summed E-state index contributed by atoms with van der Waals surface area (Å²) in [6.07, 6.45) is 14.4. The van der Waals surface area contributed by atoms with Gasteiger partial charge in [-0.25, -0.2) is 12.2 Å². The first-order valence-electron chi connectivity index (χ1n) is 8.36. The van der Waals surface area contributed by atoms with Gasteiger partial charge in [-0.15, -0.1) is 46.2 Å². The SMILES string of the molecule is Brc1ccc2[cH-]c3ccc(Br)cc3c2c1.[C-]1=CC=CC1.[Cl-].[Cl-].[Zr+2]=[C]1CCC1. The summed E-state index contributed by atoms with van der Waals surface area (Å²) >= 11 is 8.69. The molecule has 5 heteroatoms. The summed E-state index contributed by atoms with van der Waals surface area (Å²) in [6, 6.07) is 15.0. The minimum absolute atomic E-state index is 0. The van der Waals surface area contributed by atoms with Gasteiger partial charge in [0.1, 0.15) is 0 Å². The molecule has 27 heavy (non-hydrogen) atoms. The zero-order valence-corrected chi connectivity index (χ0v) is 21.8. The fourth-order valence-corrected chi connectivity index (χ4v) is 4.23. The molecule has 5 rings (SSSR count). The topological polar surface area (TPSA) is 0 Å². The normalized spacial score (nSPS) is 13.7. The fraction of sp³-hybridized carbons (Fsp3) is 0.182. The number of hydrogen-bond acceptors (Lipinski definition) is 0. The Balaban J connectivity index is 0.000000253. The third-order valence-corrected chi connectivity index (χ3v) is 6.39. The molecular formula is C22H18Br2Cl2Zr-2. The molecular weight excluding hydrogens is 586 g/mol. The van der Waals surface area contributed by atoms with E-state index < -0.39 is 0 Å². The van der Waals surface area contributed by atoms with E-state index in [9.17, 15) is 0 Å². The third kappa shape index (κ3) is 7.44. The summed E-state index contributed by atoms with van der Waals surface area (Å²) in [6.45, 7) is 0. The molecule has 0 bridgehead atoms. The van der Waals surface area contributed by atoms with Crippen molar-refractivity contribution in [3.63, 3.8) is 0 Å². The van der Waals surface area contributed by atoms with Crippen LogP contribution in [0.1, 0.15) is 25.7 Å². The molecule has 0 aromatic heterocycles. The second-order valence-corrected chi connectivity index (χ2v) is 9.64. The van der Waals surface area contributed by atoms with Gasteiger partial charge in [0.2, 0.25) is 0 Å². The average Bonchev–Trinajstić information content (AvgIpc) is 3.25. The van der Waals surface area contributed by atoms with Crippen LogP contribution >= 0.6 is 31.9 Å². The van der Waals surface area contributed by atoms with Crippen molar-refractivity contribution in [3.05, 3.63) is 75.7 Å². The number of allylic oxidation sites excluding steroid dienone is 4. The molecule has 1 saturated carbocycles. The van der Waals surface area contributed by atoms with Gasteiger partial charge in [0.25, 0.3) is 0 Å². The Bertz CT molecular complexity index is 885. The fourth-order valence-electron chi connectivity index (χ4n) is 2.64. The number of hydrogen-bond donors (Lipinski definition) is 0. The quantitative estimate of drug-likeness (QED) is 0.341. The summed E-state index contributed by atoms with van der Waals surface area (Å²) in [5.41, 5.74) is 0. The predicted octanol–water partition coefficient (Wildman–Crippen LogP) is 1.44. The monoisotopic (exact) mass is 600 g/mol. The van der Waals surface area contributed by atoms with Crippen molar-refractivity contribution in [2.24, 2.45) is 0 Å². The first kappa shape index (κ1) is 25.1. The molecule has 0 saturated heterocycles. The van der Waals surface area contributed by atoms with Crippen molar-refractivity contribution >= 4 is 56.6 Å². The van der Waals surface area contributed by atoms with E-state index in [-0.39, 0.29) is 24.8 Å². The first-order valence-corrected chi connectivity index (χ1v) is 11.2. The molecule has 0 amide bonds. The molecule has 0 spiro atoms. The zero-order chi connectivity index (χ0) is 17.6. The standard InChI is InChI=1S/C13H7Br2.C5H5.C4H6.2ClH.Zr/c14-10-3-1-8-5-9-2-4-11(15)7-13(9)12(8)6-10;1-2-4-5-3-1;1-2-4-3-1;;;/h1-7H;1-3H,4H2;1-3H2;2*1H;/q2*-1;;;;+2/p-2. The molecule has 0 N–H and O–H groups in total. The van der Waals surface area contributed by atoms with Crippen LogP contribution in [0.5, 0.6) is 0 Å². The Morgan fingerprint density at radius 3 is 1.70 bits per heavy atom. The van der Waals surface area contributed by atoms with Gasteiger partial charge in [-0.1, -0.05) is 56.1 Å². The van der Waals surface area contributed by atoms with E-state index in [1.165, 1.54) is 40.8 Å². The van der Waals surface area contributed by atoms with Crippen molar-refractivity contribution in [1.29, 1.82) is 0 Å². The molecule has 0 atom stereocenters. The summed E-state index contributed by atoms with van der Waals surface area (Å²) in [7, 11) is 0. The number of benzene rings is 2. The Morgan fingerprint density at radius 2 is 1.41 bits per heavy atom. The van der Waals surface area contributed by atoms with E-state index in [2.05, 4.69) is 86.5 Å². The van der Waals surface area contributed by atoms with Crippen LogP contribution in [0.4, 0.5) is 0 Å². The van der Waals surface area contributed by atoms with Gasteiger partial charge < -0.3 is 24.8 Å². The summed E-state index contributed by atoms with van der Waals surface area (Å²) in [5, 5.41) is 5.21. The molecule has 3 aromatic rings. The van der Waals surface area contributed by atoms with Crippen molar-refractivity contribution in [2.75, 3.05) is 0 Å². The minimum atomic E-state index is 0. The molecule has 0 heterocycles. The zero-order valence-electron chi connectivity index (χ0n) is 14.6. The number of halogens is 4. The van der Waals surface area contributed by atoms with Crippen LogP contribution in [0, 0.1) is 6.08 Å². The third-order valence-electron chi connectivity index (χ3n) is 4.17. The predicted molar refractivity (Wildman–Crippen MR) is 113 cm³/mol. The van der Waals surface area contributed by atoms with E-state index in [0.29, 0.717) is 0 Å². The van der Waals surface area contributed by atoms with Gasteiger partial charge in [-0.2, -0.15) is 6.08 Å². The maximum absolute atomic E-state index is 3.51. The van der Waals surface area contributed by atoms with Gasteiger partial charge >= 0.3 is 46.7 Å². The van der Waals surface area contributed by atoms with Crippen molar-refractivity contribution in [3.8, 4) is 0 Å². The molecule has 2 aliphatic carbocycles. The van der Waals surface area contributed by atoms with Gasteiger partial charge in [-0.3, -0.25) is 6.08 Å². The summed E-state index contributed by atoms with van der Waals surface area (Å²) in [5.74, 6) is 0. The van der Waals surface area contributed by atoms with E-state index in [4.69, 9.17) is 0 Å². The van der Waals surface area contributed by atoms with Crippen LogP contribution in [0.15, 0.2) is 69.6 Å².